The molecule has 20 heavy (non-hydrogen) atoms. The van der Waals surface area contributed by atoms with Crippen LogP contribution in [0.4, 0.5) is 0 Å². The second kappa shape index (κ2) is 5.56. The van der Waals surface area contributed by atoms with Crippen molar-refractivity contribution in [3.8, 4) is 0 Å². The van der Waals surface area contributed by atoms with E-state index in [1.165, 1.54) is 6.33 Å². The van der Waals surface area contributed by atoms with Gasteiger partial charge in [-0.15, -0.1) is 0 Å². The number of rotatable bonds is 5. The van der Waals surface area contributed by atoms with Crippen LogP contribution >= 0.6 is 0 Å². The molecule has 0 aliphatic heterocycles. The van der Waals surface area contributed by atoms with Crippen molar-refractivity contribution >= 4 is 16.8 Å². The Kier molecular flexibility index (Phi) is 3.45. The minimum absolute atomic E-state index is 0.0503. The fraction of sp³-hybridized carbons (Fsp3) is 0.214. The van der Waals surface area contributed by atoms with Gasteiger partial charge in [0.05, 0.1) is 0 Å². The number of amides is 1. The smallest absolute Gasteiger partial charge is 0.251 e. The van der Waals surface area contributed by atoms with Crippen LogP contribution < -0.4 is 5.32 Å². The highest BCUT2D eigenvalue weighted by atomic mass is 16.1. The average Bonchev–Trinajstić information content (AvgIpc) is 3.13. The van der Waals surface area contributed by atoms with Gasteiger partial charge in [-0.25, -0.2) is 4.98 Å². The maximum atomic E-state index is 12.0. The number of aryl methyl sites for hydroxylation is 1. The minimum atomic E-state index is -0.0503. The van der Waals surface area contributed by atoms with Gasteiger partial charge in [0.25, 0.3) is 5.91 Å². The summed E-state index contributed by atoms with van der Waals surface area (Å²) in [7, 11) is 0. The van der Waals surface area contributed by atoms with Crippen LogP contribution in [0.5, 0.6) is 0 Å². The van der Waals surface area contributed by atoms with Crippen molar-refractivity contribution in [3.63, 3.8) is 0 Å². The van der Waals surface area contributed by atoms with Gasteiger partial charge in [-0.2, -0.15) is 5.10 Å². The van der Waals surface area contributed by atoms with Crippen molar-refractivity contribution in [3.05, 3.63) is 48.2 Å². The van der Waals surface area contributed by atoms with E-state index in [0.29, 0.717) is 12.1 Å². The number of benzene rings is 1. The maximum Gasteiger partial charge on any atom is 0.251 e. The zero-order chi connectivity index (χ0) is 13.8. The molecule has 0 saturated heterocycles. The molecule has 1 amide bonds. The van der Waals surface area contributed by atoms with E-state index < -0.39 is 0 Å². The molecule has 6 heteroatoms. The molecule has 6 nitrogen and oxygen atoms in total. The van der Waals surface area contributed by atoms with Gasteiger partial charge in [-0.3, -0.25) is 9.89 Å². The second-order valence-corrected chi connectivity index (χ2v) is 4.57. The van der Waals surface area contributed by atoms with Crippen molar-refractivity contribution in [1.82, 2.24) is 25.5 Å². The number of aromatic nitrogens is 4. The minimum Gasteiger partial charge on any atom is -0.361 e. The molecular formula is C14H15N5O. The summed E-state index contributed by atoms with van der Waals surface area (Å²) in [5.74, 6) is 0.790. The van der Waals surface area contributed by atoms with Crippen LogP contribution in [-0.2, 0) is 6.42 Å². The van der Waals surface area contributed by atoms with Crippen molar-refractivity contribution in [2.75, 3.05) is 6.54 Å². The van der Waals surface area contributed by atoms with E-state index >= 15 is 0 Å². The van der Waals surface area contributed by atoms with E-state index in [2.05, 4.69) is 25.5 Å². The van der Waals surface area contributed by atoms with Crippen molar-refractivity contribution in [2.45, 2.75) is 12.8 Å². The number of nitrogens with zero attached hydrogens (tertiary/aromatic N) is 2. The van der Waals surface area contributed by atoms with Gasteiger partial charge in [-0.1, -0.05) is 0 Å². The summed E-state index contributed by atoms with van der Waals surface area (Å²) >= 11 is 0. The molecule has 3 rings (SSSR count). The number of H-pyrrole nitrogens is 2. The number of carbonyl (C=O) groups is 1. The van der Waals surface area contributed by atoms with E-state index in [9.17, 15) is 4.79 Å². The third-order valence-electron chi connectivity index (χ3n) is 3.16. The van der Waals surface area contributed by atoms with E-state index in [1.54, 1.807) is 0 Å². The van der Waals surface area contributed by atoms with Gasteiger partial charge in [-0.05, 0) is 30.7 Å². The molecule has 0 unspecified atom stereocenters. The molecule has 0 fully saturated rings. The summed E-state index contributed by atoms with van der Waals surface area (Å²) in [6.07, 6.45) is 4.95. The lowest BCUT2D eigenvalue weighted by Crippen LogP contribution is -2.24. The molecule has 102 valence electrons. The van der Waals surface area contributed by atoms with Crippen molar-refractivity contribution in [1.29, 1.82) is 0 Å². The van der Waals surface area contributed by atoms with Crippen molar-refractivity contribution in [2.24, 2.45) is 0 Å². The molecule has 2 heterocycles. The number of carbonyl (C=O) groups excluding carboxylic acids is 1. The predicted molar refractivity (Wildman–Crippen MR) is 75.3 cm³/mol. The summed E-state index contributed by atoms with van der Waals surface area (Å²) in [4.78, 5) is 19.2. The number of nitrogens with one attached hydrogen (secondary N) is 3. The topological polar surface area (TPSA) is 86.5 Å². The van der Waals surface area contributed by atoms with Crippen LogP contribution in [0.2, 0.25) is 0 Å². The van der Waals surface area contributed by atoms with E-state index in [1.807, 2.05) is 30.5 Å². The van der Waals surface area contributed by atoms with E-state index in [-0.39, 0.29) is 5.91 Å². The van der Waals surface area contributed by atoms with Gasteiger partial charge in [0.2, 0.25) is 0 Å². The highest BCUT2D eigenvalue weighted by Crippen LogP contribution is 2.14. The largest absolute Gasteiger partial charge is 0.361 e. The molecule has 0 atom stereocenters. The van der Waals surface area contributed by atoms with Gasteiger partial charge in [0.15, 0.2) is 0 Å². The lowest BCUT2D eigenvalue weighted by atomic mass is 10.1. The molecule has 0 spiro atoms. The van der Waals surface area contributed by atoms with Gasteiger partial charge in [0.1, 0.15) is 12.2 Å². The Morgan fingerprint density at radius 3 is 3.10 bits per heavy atom. The molecule has 0 bridgehead atoms. The standard InChI is InChI=1S/C14H15N5O/c20-14(16-6-1-2-13-17-9-18-19-13)11-3-4-12-10(8-11)5-7-15-12/h3-5,7-9,15H,1-2,6H2,(H,16,20)(H,17,18,19). The third kappa shape index (κ3) is 2.69. The Balaban J connectivity index is 1.53. The van der Waals surface area contributed by atoms with Crippen LogP contribution in [0.3, 0.4) is 0 Å². The number of aromatic amines is 2. The zero-order valence-electron chi connectivity index (χ0n) is 10.9. The molecule has 0 saturated carbocycles. The SMILES string of the molecule is O=C(NCCCc1ncn[nH]1)c1ccc2[nH]ccc2c1. The third-order valence-corrected chi connectivity index (χ3v) is 3.16. The molecule has 0 aliphatic carbocycles. The van der Waals surface area contributed by atoms with Gasteiger partial charge < -0.3 is 10.3 Å². The summed E-state index contributed by atoms with van der Waals surface area (Å²) in [5.41, 5.74) is 1.71. The highest BCUT2D eigenvalue weighted by molar-refractivity contribution is 5.98. The first kappa shape index (κ1) is 12.4. The normalized spacial score (nSPS) is 10.8. The molecule has 2 aromatic heterocycles. The number of fused-ring (bicyclic) bond motifs is 1. The zero-order valence-corrected chi connectivity index (χ0v) is 10.9. The summed E-state index contributed by atoms with van der Waals surface area (Å²) < 4.78 is 0. The molecule has 3 N–H and O–H groups in total. The second-order valence-electron chi connectivity index (χ2n) is 4.57. The van der Waals surface area contributed by atoms with Gasteiger partial charge in [0, 0.05) is 35.6 Å². The first-order chi connectivity index (χ1) is 9.83. The van der Waals surface area contributed by atoms with E-state index in [4.69, 9.17) is 0 Å². The summed E-state index contributed by atoms with van der Waals surface area (Å²) in [6, 6.07) is 7.58. The molecule has 0 radical (unpaired) electrons. The van der Waals surface area contributed by atoms with E-state index in [0.717, 1.165) is 29.6 Å². The monoisotopic (exact) mass is 269 g/mol. The molecule has 0 aliphatic rings. The van der Waals surface area contributed by atoms with Crippen molar-refractivity contribution < 1.29 is 4.79 Å². The fourth-order valence-corrected chi connectivity index (χ4v) is 2.11. The number of hydrogen-bond acceptors (Lipinski definition) is 3. The molecule has 1 aromatic carbocycles. The van der Waals surface area contributed by atoms with Crippen LogP contribution in [0.25, 0.3) is 10.9 Å². The Morgan fingerprint density at radius 2 is 2.25 bits per heavy atom. The lowest BCUT2D eigenvalue weighted by molar-refractivity contribution is 0.0953. The quantitative estimate of drug-likeness (QED) is 0.615. The molecular weight excluding hydrogens is 254 g/mol. The molecule has 3 aromatic rings. The predicted octanol–water partition coefficient (Wildman–Crippen LogP) is 1.65. The Labute approximate surface area is 115 Å². The van der Waals surface area contributed by atoms with Gasteiger partial charge >= 0.3 is 0 Å². The Hall–Kier alpha value is -2.63. The lowest BCUT2D eigenvalue weighted by Gasteiger charge is -2.04. The maximum absolute atomic E-state index is 12.0. The van der Waals surface area contributed by atoms with Crippen LogP contribution in [0, 0.1) is 0 Å². The summed E-state index contributed by atoms with van der Waals surface area (Å²) in [6.45, 7) is 0.616. The fourth-order valence-electron chi connectivity index (χ4n) is 2.11. The summed E-state index contributed by atoms with van der Waals surface area (Å²) in [5, 5.41) is 10.5. The van der Waals surface area contributed by atoms with Crippen LogP contribution in [0.1, 0.15) is 22.6 Å². The van der Waals surface area contributed by atoms with Crippen LogP contribution in [0.15, 0.2) is 36.8 Å². The first-order valence-corrected chi connectivity index (χ1v) is 6.52. The Morgan fingerprint density at radius 1 is 1.30 bits per heavy atom. The average molecular weight is 269 g/mol. The highest BCUT2D eigenvalue weighted by Gasteiger charge is 2.06. The first-order valence-electron chi connectivity index (χ1n) is 6.52. The Bertz CT molecular complexity index is 701. The number of hydrogen-bond donors (Lipinski definition) is 3. The van der Waals surface area contributed by atoms with Crippen LogP contribution in [-0.4, -0.2) is 32.6 Å².